The number of aryl methyl sites for hydroxylation is 2. The van der Waals surface area contributed by atoms with Crippen LogP contribution in [0.1, 0.15) is 37.9 Å². The summed E-state index contributed by atoms with van der Waals surface area (Å²) in [6.45, 7) is 7.35. The van der Waals surface area contributed by atoms with E-state index in [0.717, 1.165) is 43.3 Å². The van der Waals surface area contributed by atoms with E-state index in [9.17, 15) is 0 Å². The number of hydrogen-bond donors (Lipinski definition) is 1. The quantitative estimate of drug-likeness (QED) is 0.923. The SMILES string of the molecule is CCC(C)Nc1cc(C)nc(N2CCCc3ccccc32)n1. The van der Waals surface area contributed by atoms with Gasteiger partial charge < -0.3 is 10.2 Å². The lowest BCUT2D eigenvalue weighted by molar-refractivity contribution is 0.740. The van der Waals surface area contributed by atoms with Gasteiger partial charge in [0, 0.05) is 30.0 Å². The molecular weight excluding hydrogens is 272 g/mol. The van der Waals surface area contributed by atoms with E-state index in [1.54, 1.807) is 0 Å². The molecule has 1 aromatic heterocycles. The molecule has 3 rings (SSSR count). The van der Waals surface area contributed by atoms with Crippen molar-refractivity contribution in [2.24, 2.45) is 0 Å². The van der Waals surface area contributed by atoms with Gasteiger partial charge in [-0.25, -0.2) is 4.98 Å². The first-order valence-corrected chi connectivity index (χ1v) is 8.15. The van der Waals surface area contributed by atoms with Gasteiger partial charge in [0.2, 0.25) is 5.95 Å². The Morgan fingerprint density at radius 3 is 2.91 bits per heavy atom. The maximum Gasteiger partial charge on any atom is 0.232 e. The normalized spacial score (nSPS) is 15.3. The third-order valence-corrected chi connectivity index (χ3v) is 4.20. The lowest BCUT2D eigenvalue weighted by atomic mass is 10.0. The number of fused-ring (bicyclic) bond motifs is 1. The molecular formula is C18H24N4. The van der Waals surface area contributed by atoms with Crippen molar-refractivity contribution < 1.29 is 0 Å². The average molecular weight is 296 g/mol. The Labute approximate surface area is 132 Å². The van der Waals surface area contributed by atoms with Gasteiger partial charge in [0.1, 0.15) is 5.82 Å². The van der Waals surface area contributed by atoms with Gasteiger partial charge in [-0.05, 0) is 44.7 Å². The second kappa shape index (κ2) is 6.34. The van der Waals surface area contributed by atoms with Crippen molar-refractivity contribution in [2.45, 2.75) is 46.1 Å². The summed E-state index contributed by atoms with van der Waals surface area (Å²) in [5.74, 6) is 1.72. The molecule has 1 N–H and O–H groups in total. The van der Waals surface area contributed by atoms with Crippen LogP contribution in [0.3, 0.4) is 0 Å². The molecule has 2 aromatic rings. The lowest BCUT2D eigenvalue weighted by Crippen LogP contribution is -2.27. The topological polar surface area (TPSA) is 41.1 Å². The van der Waals surface area contributed by atoms with Crippen LogP contribution >= 0.6 is 0 Å². The number of benzene rings is 1. The van der Waals surface area contributed by atoms with Gasteiger partial charge in [0.05, 0.1) is 0 Å². The highest BCUT2D eigenvalue weighted by Crippen LogP contribution is 2.31. The molecule has 116 valence electrons. The largest absolute Gasteiger partial charge is 0.367 e. The Kier molecular flexibility index (Phi) is 4.27. The molecule has 0 bridgehead atoms. The molecule has 0 radical (unpaired) electrons. The van der Waals surface area contributed by atoms with Crippen molar-refractivity contribution in [3.8, 4) is 0 Å². The number of hydrogen-bond acceptors (Lipinski definition) is 4. The summed E-state index contributed by atoms with van der Waals surface area (Å²) in [6.07, 6.45) is 3.35. The number of rotatable bonds is 4. The van der Waals surface area contributed by atoms with E-state index in [1.165, 1.54) is 11.3 Å². The fraction of sp³-hybridized carbons (Fsp3) is 0.444. The van der Waals surface area contributed by atoms with E-state index in [4.69, 9.17) is 4.98 Å². The fourth-order valence-corrected chi connectivity index (χ4v) is 2.84. The van der Waals surface area contributed by atoms with Gasteiger partial charge in [-0.2, -0.15) is 4.98 Å². The Hall–Kier alpha value is -2.10. The summed E-state index contributed by atoms with van der Waals surface area (Å²) in [4.78, 5) is 11.7. The van der Waals surface area contributed by atoms with E-state index < -0.39 is 0 Å². The molecule has 0 saturated heterocycles. The first-order chi connectivity index (χ1) is 10.7. The summed E-state index contributed by atoms with van der Waals surface area (Å²) >= 11 is 0. The first-order valence-electron chi connectivity index (χ1n) is 8.15. The Morgan fingerprint density at radius 2 is 2.09 bits per heavy atom. The Balaban J connectivity index is 1.95. The minimum Gasteiger partial charge on any atom is -0.367 e. The highest BCUT2D eigenvalue weighted by Gasteiger charge is 2.20. The molecule has 4 nitrogen and oxygen atoms in total. The van der Waals surface area contributed by atoms with Gasteiger partial charge in [0.15, 0.2) is 0 Å². The zero-order valence-corrected chi connectivity index (χ0v) is 13.6. The average Bonchev–Trinajstić information content (AvgIpc) is 2.53. The predicted molar refractivity (Wildman–Crippen MR) is 91.9 cm³/mol. The summed E-state index contributed by atoms with van der Waals surface area (Å²) in [7, 11) is 0. The van der Waals surface area contributed by atoms with Gasteiger partial charge in [-0.15, -0.1) is 0 Å². The standard InChI is InChI=1S/C18H24N4/c1-4-13(2)19-17-12-14(3)20-18(21-17)22-11-7-9-15-8-5-6-10-16(15)22/h5-6,8,10,12-13H,4,7,9,11H2,1-3H3,(H,19,20,21). The zero-order chi connectivity index (χ0) is 15.5. The third-order valence-electron chi connectivity index (χ3n) is 4.20. The molecule has 1 aliphatic rings. The van der Waals surface area contributed by atoms with Crippen molar-refractivity contribution in [1.29, 1.82) is 0 Å². The first kappa shape index (κ1) is 14.8. The van der Waals surface area contributed by atoms with Crippen LogP contribution < -0.4 is 10.2 Å². The van der Waals surface area contributed by atoms with Gasteiger partial charge in [-0.3, -0.25) is 0 Å². The second-order valence-electron chi connectivity index (χ2n) is 6.03. The molecule has 4 heteroatoms. The van der Waals surface area contributed by atoms with Crippen molar-refractivity contribution in [1.82, 2.24) is 9.97 Å². The molecule has 0 aliphatic carbocycles. The van der Waals surface area contributed by atoms with Crippen LogP contribution in [0.15, 0.2) is 30.3 Å². The van der Waals surface area contributed by atoms with E-state index in [1.807, 2.05) is 13.0 Å². The van der Waals surface area contributed by atoms with Crippen LogP contribution in [0.5, 0.6) is 0 Å². The predicted octanol–water partition coefficient (Wildman–Crippen LogP) is 4.08. The van der Waals surface area contributed by atoms with E-state index in [-0.39, 0.29) is 0 Å². The second-order valence-corrected chi connectivity index (χ2v) is 6.03. The van der Waals surface area contributed by atoms with Crippen molar-refractivity contribution in [3.63, 3.8) is 0 Å². The van der Waals surface area contributed by atoms with Crippen molar-refractivity contribution >= 4 is 17.5 Å². The molecule has 0 fully saturated rings. The van der Waals surface area contributed by atoms with Crippen LogP contribution in [-0.2, 0) is 6.42 Å². The molecule has 0 amide bonds. The van der Waals surface area contributed by atoms with E-state index >= 15 is 0 Å². The van der Waals surface area contributed by atoms with Crippen LogP contribution in [0, 0.1) is 6.92 Å². The van der Waals surface area contributed by atoms with Crippen molar-refractivity contribution in [2.75, 3.05) is 16.8 Å². The monoisotopic (exact) mass is 296 g/mol. The van der Waals surface area contributed by atoms with Crippen LogP contribution in [0.4, 0.5) is 17.5 Å². The van der Waals surface area contributed by atoms with E-state index in [0.29, 0.717) is 6.04 Å². The number of nitrogens with zero attached hydrogens (tertiary/aromatic N) is 3. The zero-order valence-electron chi connectivity index (χ0n) is 13.6. The third kappa shape index (κ3) is 3.06. The highest BCUT2D eigenvalue weighted by molar-refractivity contribution is 5.64. The number of para-hydroxylation sites is 1. The van der Waals surface area contributed by atoms with Gasteiger partial charge in [0.25, 0.3) is 0 Å². The van der Waals surface area contributed by atoms with Gasteiger partial charge >= 0.3 is 0 Å². The summed E-state index contributed by atoms with van der Waals surface area (Å²) in [5, 5.41) is 3.46. The number of anilines is 3. The molecule has 22 heavy (non-hydrogen) atoms. The number of aromatic nitrogens is 2. The minimum atomic E-state index is 0.413. The van der Waals surface area contributed by atoms with Crippen LogP contribution in [-0.4, -0.2) is 22.6 Å². The molecule has 1 aliphatic heterocycles. The fourth-order valence-electron chi connectivity index (χ4n) is 2.84. The minimum absolute atomic E-state index is 0.413. The maximum atomic E-state index is 4.75. The number of nitrogens with one attached hydrogen (secondary N) is 1. The Morgan fingerprint density at radius 1 is 1.27 bits per heavy atom. The van der Waals surface area contributed by atoms with Crippen molar-refractivity contribution in [3.05, 3.63) is 41.6 Å². The Bertz CT molecular complexity index is 653. The molecule has 2 heterocycles. The van der Waals surface area contributed by atoms with Crippen LogP contribution in [0.2, 0.25) is 0 Å². The summed E-state index contributed by atoms with van der Waals surface area (Å²) in [6, 6.07) is 11.0. The molecule has 1 unspecified atom stereocenters. The molecule has 1 atom stereocenters. The summed E-state index contributed by atoms with van der Waals surface area (Å²) < 4.78 is 0. The molecule has 1 aromatic carbocycles. The highest BCUT2D eigenvalue weighted by atomic mass is 15.3. The van der Waals surface area contributed by atoms with Crippen LogP contribution in [0.25, 0.3) is 0 Å². The smallest absolute Gasteiger partial charge is 0.232 e. The van der Waals surface area contributed by atoms with E-state index in [2.05, 4.69) is 53.3 Å². The summed E-state index contributed by atoms with van der Waals surface area (Å²) in [5.41, 5.74) is 3.63. The lowest BCUT2D eigenvalue weighted by Gasteiger charge is -2.30. The maximum absolute atomic E-state index is 4.75. The molecule has 0 saturated carbocycles. The van der Waals surface area contributed by atoms with Gasteiger partial charge in [-0.1, -0.05) is 25.1 Å². The molecule has 0 spiro atoms.